The maximum atomic E-state index is 6.14. The van der Waals surface area contributed by atoms with Crippen molar-refractivity contribution in [3.63, 3.8) is 0 Å². The molecule has 0 unspecified atom stereocenters. The van der Waals surface area contributed by atoms with Crippen molar-refractivity contribution in [1.82, 2.24) is 4.98 Å². The summed E-state index contributed by atoms with van der Waals surface area (Å²) in [5.41, 5.74) is 5.30. The van der Waals surface area contributed by atoms with Crippen LogP contribution in [0.4, 0.5) is 0 Å². The predicted octanol–water partition coefficient (Wildman–Crippen LogP) is 3.78. The first-order valence-electron chi connectivity index (χ1n) is 6.96. The van der Waals surface area contributed by atoms with Crippen molar-refractivity contribution in [3.8, 4) is 11.3 Å². The third kappa shape index (κ3) is 1.74. The van der Waals surface area contributed by atoms with Gasteiger partial charge in [0.25, 0.3) is 6.33 Å². The van der Waals surface area contributed by atoms with Gasteiger partial charge in [0.1, 0.15) is 23.1 Å². The quantitative estimate of drug-likeness (QED) is 0.495. The highest BCUT2D eigenvalue weighted by atomic mass is 16.3. The largest absolute Gasteiger partial charge is 0.455 e. The van der Waals surface area contributed by atoms with E-state index in [0.717, 1.165) is 33.2 Å². The lowest BCUT2D eigenvalue weighted by Gasteiger charge is -2.06. The van der Waals surface area contributed by atoms with Crippen LogP contribution in [0.15, 0.2) is 59.4 Å². The predicted molar refractivity (Wildman–Crippen MR) is 82.9 cm³/mol. The molecular formula is C18H15N2O+. The molecule has 0 radical (unpaired) electrons. The molecule has 0 amide bonds. The van der Waals surface area contributed by atoms with Crippen LogP contribution in [-0.4, -0.2) is 4.98 Å². The Balaban J connectivity index is 2.18. The molecule has 0 bridgehead atoms. The molecule has 4 aromatic rings. The summed E-state index contributed by atoms with van der Waals surface area (Å²) in [6.07, 6.45) is 3.63. The fourth-order valence-corrected chi connectivity index (χ4v) is 2.90. The van der Waals surface area contributed by atoms with Gasteiger partial charge in [0.05, 0.1) is 12.6 Å². The van der Waals surface area contributed by atoms with Crippen LogP contribution in [0.3, 0.4) is 0 Å². The van der Waals surface area contributed by atoms with Crippen molar-refractivity contribution in [2.45, 2.75) is 6.92 Å². The summed E-state index contributed by atoms with van der Waals surface area (Å²) in [7, 11) is 2.00. The third-order valence-electron chi connectivity index (χ3n) is 3.95. The number of hydrogen-bond acceptors (Lipinski definition) is 2. The molecule has 0 saturated heterocycles. The molecule has 2 aromatic heterocycles. The molecule has 0 fully saturated rings. The molecular weight excluding hydrogens is 260 g/mol. The number of rotatable bonds is 1. The minimum atomic E-state index is 0.927. The standard InChI is InChI=1S/C18H15N2O/c1-12-7-8-14-13-5-3-4-6-16(13)21-18(14)17(12)15-9-10-19-11-20(15)2/h3-11H,1-2H3/q+1. The van der Waals surface area contributed by atoms with Crippen molar-refractivity contribution in [2.24, 2.45) is 7.05 Å². The minimum Gasteiger partial charge on any atom is -0.455 e. The lowest BCUT2D eigenvalue weighted by atomic mass is 10.0. The van der Waals surface area contributed by atoms with Crippen molar-refractivity contribution >= 4 is 21.9 Å². The van der Waals surface area contributed by atoms with Crippen LogP contribution in [0.25, 0.3) is 33.2 Å². The Bertz CT molecular complexity index is 969. The topological polar surface area (TPSA) is 29.9 Å². The monoisotopic (exact) mass is 275 g/mol. The van der Waals surface area contributed by atoms with Gasteiger partial charge in [0, 0.05) is 16.8 Å². The van der Waals surface area contributed by atoms with E-state index in [0.29, 0.717) is 0 Å². The van der Waals surface area contributed by atoms with E-state index >= 15 is 0 Å². The molecule has 0 aliphatic rings. The summed E-state index contributed by atoms with van der Waals surface area (Å²) in [4.78, 5) is 4.16. The Morgan fingerprint density at radius 1 is 1.00 bits per heavy atom. The van der Waals surface area contributed by atoms with Crippen molar-refractivity contribution in [2.75, 3.05) is 0 Å². The first-order valence-corrected chi connectivity index (χ1v) is 6.96. The summed E-state index contributed by atoms with van der Waals surface area (Å²) < 4.78 is 8.16. The van der Waals surface area contributed by atoms with E-state index in [2.05, 4.69) is 30.1 Å². The Labute approximate surface area is 122 Å². The van der Waals surface area contributed by atoms with Gasteiger partial charge in [0.15, 0.2) is 0 Å². The Morgan fingerprint density at radius 2 is 1.86 bits per heavy atom. The molecule has 4 rings (SSSR count). The maximum absolute atomic E-state index is 6.14. The number of aryl methyl sites for hydroxylation is 2. The van der Waals surface area contributed by atoms with E-state index in [9.17, 15) is 0 Å². The average molecular weight is 275 g/mol. The highest BCUT2D eigenvalue weighted by Gasteiger charge is 2.18. The van der Waals surface area contributed by atoms with Crippen LogP contribution in [0.5, 0.6) is 0 Å². The lowest BCUT2D eigenvalue weighted by Crippen LogP contribution is -2.31. The molecule has 0 aliphatic carbocycles. The number of nitrogens with zero attached hydrogens (tertiary/aromatic N) is 2. The third-order valence-corrected chi connectivity index (χ3v) is 3.95. The van der Waals surface area contributed by atoms with Gasteiger partial charge in [-0.25, -0.2) is 4.57 Å². The minimum absolute atomic E-state index is 0.927. The SMILES string of the molecule is Cc1ccc2c(oc3ccccc32)c1-c1ccnc[n+]1C. The van der Waals surface area contributed by atoms with Gasteiger partial charge in [-0.2, -0.15) is 0 Å². The number of fused-ring (bicyclic) bond motifs is 3. The number of benzene rings is 2. The molecule has 0 aliphatic heterocycles. The second-order valence-electron chi connectivity index (χ2n) is 5.31. The van der Waals surface area contributed by atoms with Crippen LogP contribution in [-0.2, 0) is 7.05 Å². The number of para-hydroxylation sites is 1. The summed E-state index contributed by atoms with van der Waals surface area (Å²) in [5.74, 6) is 0. The molecule has 0 spiro atoms. The first kappa shape index (κ1) is 12.1. The summed E-state index contributed by atoms with van der Waals surface area (Å²) in [6, 6.07) is 14.5. The molecule has 2 heterocycles. The fraction of sp³-hybridized carbons (Fsp3) is 0.111. The zero-order valence-corrected chi connectivity index (χ0v) is 12.0. The Hall–Kier alpha value is -2.68. The summed E-state index contributed by atoms with van der Waals surface area (Å²) in [6.45, 7) is 2.11. The second kappa shape index (κ2) is 4.42. The Morgan fingerprint density at radius 3 is 2.71 bits per heavy atom. The van der Waals surface area contributed by atoms with E-state index < -0.39 is 0 Å². The molecule has 2 aromatic carbocycles. The van der Waals surface area contributed by atoms with Gasteiger partial charge in [-0.15, -0.1) is 0 Å². The van der Waals surface area contributed by atoms with E-state index in [1.165, 1.54) is 5.56 Å². The van der Waals surface area contributed by atoms with Gasteiger partial charge < -0.3 is 4.42 Å². The summed E-state index contributed by atoms with van der Waals surface area (Å²) in [5, 5.41) is 2.31. The van der Waals surface area contributed by atoms with E-state index in [1.54, 1.807) is 0 Å². The lowest BCUT2D eigenvalue weighted by molar-refractivity contribution is -0.663. The normalized spacial score (nSPS) is 11.3. The molecule has 0 saturated carbocycles. The van der Waals surface area contributed by atoms with Gasteiger partial charge in [-0.3, -0.25) is 0 Å². The number of furan rings is 1. The molecule has 102 valence electrons. The van der Waals surface area contributed by atoms with Crippen LogP contribution in [0.1, 0.15) is 5.56 Å². The van der Waals surface area contributed by atoms with Gasteiger partial charge in [-0.1, -0.05) is 35.3 Å². The van der Waals surface area contributed by atoms with Gasteiger partial charge in [0.2, 0.25) is 0 Å². The first-order chi connectivity index (χ1) is 10.3. The summed E-state index contributed by atoms with van der Waals surface area (Å²) >= 11 is 0. The van der Waals surface area contributed by atoms with E-state index in [1.807, 2.05) is 48.4 Å². The van der Waals surface area contributed by atoms with Gasteiger partial charge >= 0.3 is 0 Å². The fourth-order valence-electron chi connectivity index (χ4n) is 2.90. The number of aromatic nitrogens is 2. The zero-order valence-electron chi connectivity index (χ0n) is 12.0. The molecule has 21 heavy (non-hydrogen) atoms. The van der Waals surface area contributed by atoms with Crippen molar-refractivity contribution < 1.29 is 8.98 Å². The zero-order chi connectivity index (χ0) is 14.4. The highest BCUT2D eigenvalue weighted by Crippen LogP contribution is 2.36. The second-order valence-corrected chi connectivity index (χ2v) is 5.31. The smallest absolute Gasteiger partial charge is 0.286 e. The van der Waals surface area contributed by atoms with E-state index in [-0.39, 0.29) is 0 Å². The maximum Gasteiger partial charge on any atom is 0.286 e. The van der Waals surface area contributed by atoms with Gasteiger partial charge in [-0.05, 0) is 18.6 Å². The molecule has 0 N–H and O–H groups in total. The average Bonchev–Trinajstić information content (AvgIpc) is 2.87. The van der Waals surface area contributed by atoms with E-state index in [4.69, 9.17) is 4.42 Å². The van der Waals surface area contributed by atoms with Crippen LogP contribution < -0.4 is 4.57 Å². The molecule has 3 heteroatoms. The number of hydrogen-bond donors (Lipinski definition) is 0. The Kier molecular flexibility index (Phi) is 2.54. The van der Waals surface area contributed by atoms with Crippen molar-refractivity contribution in [3.05, 3.63) is 60.6 Å². The van der Waals surface area contributed by atoms with Crippen molar-refractivity contribution in [1.29, 1.82) is 0 Å². The molecule has 3 nitrogen and oxygen atoms in total. The highest BCUT2D eigenvalue weighted by molar-refractivity contribution is 6.09. The van der Waals surface area contributed by atoms with Crippen LogP contribution in [0, 0.1) is 6.92 Å². The van der Waals surface area contributed by atoms with Crippen LogP contribution in [0.2, 0.25) is 0 Å². The van der Waals surface area contributed by atoms with Crippen LogP contribution >= 0.6 is 0 Å². The molecule has 0 atom stereocenters.